The van der Waals surface area contributed by atoms with E-state index >= 15 is 0 Å². The summed E-state index contributed by atoms with van der Waals surface area (Å²) >= 11 is 0. The van der Waals surface area contributed by atoms with Gasteiger partial charge in [0.2, 0.25) is 10.0 Å². The second-order valence-electron chi connectivity index (χ2n) is 5.25. The highest BCUT2D eigenvalue weighted by molar-refractivity contribution is 7.89. The summed E-state index contributed by atoms with van der Waals surface area (Å²) in [6.07, 6.45) is 4.86. The highest BCUT2D eigenvalue weighted by atomic mass is 32.2. The Morgan fingerprint density at radius 2 is 2.00 bits per heavy atom. The first-order chi connectivity index (χ1) is 7.94. The lowest BCUT2D eigenvalue weighted by molar-refractivity contribution is 0.101. The minimum Gasteiger partial charge on any atom is -0.391 e. The van der Waals surface area contributed by atoms with Crippen molar-refractivity contribution in [2.45, 2.75) is 64.5 Å². The van der Waals surface area contributed by atoms with Crippen LogP contribution >= 0.6 is 0 Å². The molecule has 102 valence electrons. The van der Waals surface area contributed by atoms with Crippen molar-refractivity contribution in [1.29, 1.82) is 0 Å². The van der Waals surface area contributed by atoms with Gasteiger partial charge < -0.3 is 5.11 Å². The minimum atomic E-state index is -3.25. The average molecular weight is 263 g/mol. The van der Waals surface area contributed by atoms with Crippen LogP contribution in [0.5, 0.6) is 0 Å². The number of rotatable bonds is 6. The van der Waals surface area contributed by atoms with E-state index < -0.39 is 16.1 Å². The molecular weight excluding hydrogens is 238 g/mol. The number of hydrogen-bond acceptors (Lipinski definition) is 3. The number of nitrogens with one attached hydrogen (secondary N) is 1. The van der Waals surface area contributed by atoms with Gasteiger partial charge in [-0.25, -0.2) is 13.1 Å². The first kappa shape index (κ1) is 14.9. The van der Waals surface area contributed by atoms with Gasteiger partial charge >= 0.3 is 0 Å². The average Bonchev–Trinajstić information content (AvgIpc) is 2.20. The molecule has 0 aromatic carbocycles. The lowest BCUT2D eigenvalue weighted by atomic mass is 9.93. The molecule has 0 unspecified atom stereocenters. The Bertz CT molecular complexity index is 316. The molecule has 1 saturated carbocycles. The summed E-state index contributed by atoms with van der Waals surface area (Å²) in [7, 11) is -3.25. The molecule has 1 rings (SSSR count). The van der Waals surface area contributed by atoms with Crippen molar-refractivity contribution in [3.05, 3.63) is 0 Å². The molecule has 0 heterocycles. The third-order valence-corrected chi connectivity index (χ3v) is 5.02. The molecule has 4 nitrogen and oxygen atoms in total. The predicted octanol–water partition coefficient (Wildman–Crippen LogP) is 1.65. The van der Waals surface area contributed by atoms with Crippen LogP contribution in [-0.4, -0.2) is 31.4 Å². The Morgan fingerprint density at radius 3 is 2.59 bits per heavy atom. The van der Waals surface area contributed by atoms with E-state index in [1.807, 2.05) is 6.92 Å². The molecule has 0 spiro atoms. The molecule has 2 N–H and O–H groups in total. The van der Waals surface area contributed by atoms with Crippen LogP contribution in [0.3, 0.4) is 0 Å². The van der Waals surface area contributed by atoms with Crippen LogP contribution in [0.4, 0.5) is 0 Å². The van der Waals surface area contributed by atoms with Gasteiger partial charge in [-0.1, -0.05) is 33.1 Å². The van der Waals surface area contributed by atoms with E-state index in [0.29, 0.717) is 6.42 Å². The summed E-state index contributed by atoms with van der Waals surface area (Å²) in [5.74, 6) is 0.350. The van der Waals surface area contributed by atoms with Gasteiger partial charge in [-0.05, 0) is 25.2 Å². The molecular formula is C12H25NO3S. The van der Waals surface area contributed by atoms with Crippen LogP contribution in [0.25, 0.3) is 0 Å². The second kappa shape index (κ2) is 6.71. The quantitative estimate of drug-likeness (QED) is 0.765. The topological polar surface area (TPSA) is 66.4 Å². The van der Waals surface area contributed by atoms with Gasteiger partial charge in [0.1, 0.15) is 0 Å². The predicted molar refractivity (Wildman–Crippen MR) is 69.3 cm³/mol. The van der Waals surface area contributed by atoms with Crippen LogP contribution in [-0.2, 0) is 10.0 Å². The van der Waals surface area contributed by atoms with Crippen LogP contribution < -0.4 is 4.72 Å². The molecule has 0 amide bonds. The molecule has 0 radical (unpaired) electrons. The van der Waals surface area contributed by atoms with E-state index in [0.717, 1.165) is 32.1 Å². The van der Waals surface area contributed by atoms with E-state index in [4.69, 9.17) is 0 Å². The van der Waals surface area contributed by atoms with Crippen molar-refractivity contribution in [1.82, 2.24) is 4.72 Å². The summed E-state index contributed by atoms with van der Waals surface area (Å²) in [5, 5.41) is 9.74. The summed E-state index contributed by atoms with van der Waals surface area (Å²) < 4.78 is 26.5. The molecule has 1 fully saturated rings. The zero-order valence-electron chi connectivity index (χ0n) is 10.9. The number of sulfonamides is 1. The van der Waals surface area contributed by atoms with E-state index in [1.54, 1.807) is 0 Å². The monoisotopic (exact) mass is 263 g/mol. The Morgan fingerprint density at radius 1 is 1.35 bits per heavy atom. The first-order valence-electron chi connectivity index (χ1n) is 6.62. The maximum Gasteiger partial charge on any atom is 0.212 e. The summed E-state index contributed by atoms with van der Waals surface area (Å²) in [6.45, 7) is 4.02. The highest BCUT2D eigenvalue weighted by Crippen LogP contribution is 2.19. The van der Waals surface area contributed by atoms with Gasteiger partial charge in [0.15, 0.2) is 0 Å². The zero-order valence-corrected chi connectivity index (χ0v) is 11.7. The molecule has 1 aliphatic rings. The maximum absolute atomic E-state index is 11.9. The Hall–Kier alpha value is -0.130. The standard InChI is InChI=1S/C12H25NO3S/c1-3-6-10(2)9-17(15,16)13-11-7-4-5-8-12(11)14/h10-14H,3-9H2,1-2H3/t10-,11-,12-/m0/s1. The Balaban J connectivity index is 2.47. The van der Waals surface area contributed by atoms with Gasteiger partial charge in [0, 0.05) is 6.04 Å². The summed E-state index contributed by atoms with van der Waals surface area (Å²) in [4.78, 5) is 0. The fourth-order valence-electron chi connectivity index (χ4n) is 2.48. The third-order valence-electron chi connectivity index (χ3n) is 3.35. The highest BCUT2D eigenvalue weighted by Gasteiger charge is 2.27. The molecule has 0 aromatic heterocycles. The minimum absolute atomic E-state index is 0.171. The van der Waals surface area contributed by atoms with Crippen molar-refractivity contribution in [2.24, 2.45) is 5.92 Å². The van der Waals surface area contributed by atoms with Crippen molar-refractivity contribution in [3.63, 3.8) is 0 Å². The normalized spacial score (nSPS) is 27.9. The lowest BCUT2D eigenvalue weighted by Crippen LogP contribution is -2.46. The third kappa shape index (κ3) is 5.36. The lowest BCUT2D eigenvalue weighted by Gasteiger charge is -2.28. The molecule has 0 saturated heterocycles. The van der Waals surface area contributed by atoms with E-state index in [9.17, 15) is 13.5 Å². The van der Waals surface area contributed by atoms with Crippen LogP contribution in [0.2, 0.25) is 0 Å². The molecule has 1 aliphatic carbocycles. The molecule has 0 bridgehead atoms. The molecule has 3 atom stereocenters. The number of aliphatic hydroxyl groups is 1. The maximum atomic E-state index is 11.9. The zero-order chi connectivity index (χ0) is 12.9. The van der Waals surface area contributed by atoms with Gasteiger partial charge in [-0.3, -0.25) is 0 Å². The van der Waals surface area contributed by atoms with Crippen LogP contribution in [0, 0.1) is 5.92 Å². The van der Waals surface area contributed by atoms with Gasteiger partial charge in [0.25, 0.3) is 0 Å². The van der Waals surface area contributed by atoms with Crippen molar-refractivity contribution in [2.75, 3.05) is 5.75 Å². The van der Waals surface area contributed by atoms with E-state index in [2.05, 4.69) is 11.6 Å². The Kier molecular flexibility index (Phi) is 5.89. The van der Waals surface area contributed by atoms with Gasteiger partial charge in [-0.15, -0.1) is 0 Å². The first-order valence-corrected chi connectivity index (χ1v) is 8.28. The fraction of sp³-hybridized carbons (Fsp3) is 1.00. The Labute approximate surface area is 105 Å². The SMILES string of the molecule is CCC[C@H](C)CS(=O)(=O)N[C@H]1CCCC[C@@H]1O. The van der Waals surface area contributed by atoms with Crippen LogP contribution in [0.15, 0.2) is 0 Å². The van der Waals surface area contributed by atoms with Crippen molar-refractivity contribution < 1.29 is 13.5 Å². The van der Waals surface area contributed by atoms with Crippen molar-refractivity contribution >= 4 is 10.0 Å². The summed E-state index contributed by atoms with van der Waals surface area (Å²) in [6, 6.07) is -0.275. The van der Waals surface area contributed by atoms with Crippen LogP contribution in [0.1, 0.15) is 52.4 Å². The van der Waals surface area contributed by atoms with Crippen molar-refractivity contribution in [3.8, 4) is 0 Å². The number of hydrogen-bond donors (Lipinski definition) is 2. The molecule has 0 aromatic rings. The molecule has 17 heavy (non-hydrogen) atoms. The fourth-order valence-corrected chi connectivity index (χ4v) is 4.23. The molecule has 0 aliphatic heterocycles. The van der Waals surface area contributed by atoms with Gasteiger partial charge in [-0.2, -0.15) is 0 Å². The summed E-state index contributed by atoms with van der Waals surface area (Å²) in [5.41, 5.74) is 0. The molecule has 5 heteroatoms. The second-order valence-corrected chi connectivity index (χ2v) is 7.05. The van der Waals surface area contributed by atoms with E-state index in [-0.39, 0.29) is 17.7 Å². The smallest absolute Gasteiger partial charge is 0.212 e. The largest absolute Gasteiger partial charge is 0.391 e. The number of aliphatic hydroxyl groups excluding tert-OH is 1. The van der Waals surface area contributed by atoms with Gasteiger partial charge in [0.05, 0.1) is 11.9 Å². The van der Waals surface area contributed by atoms with E-state index in [1.165, 1.54) is 0 Å².